The molecule has 1 saturated heterocycles. The number of amides is 2. The lowest BCUT2D eigenvalue weighted by Gasteiger charge is -2.54. The Bertz CT molecular complexity index is 862. The van der Waals surface area contributed by atoms with Crippen LogP contribution in [0.2, 0.25) is 0 Å². The highest BCUT2D eigenvalue weighted by Gasteiger charge is 2.67. The normalized spacial score (nSPS) is 26.3. The van der Waals surface area contributed by atoms with E-state index >= 15 is 0 Å². The largest absolute Gasteiger partial charge is 0.469 e. The van der Waals surface area contributed by atoms with E-state index in [0.717, 1.165) is 24.9 Å². The van der Waals surface area contributed by atoms with E-state index in [1.165, 1.54) is 24.7 Å². The highest BCUT2D eigenvalue weighted by atomic mass is 16.5. The summed E-state index contributed by atoms with van der Waals surface area (Å²) in [6.07, 6.45) is 4.37. The number of aryl methyl sites for hydroxylation is 2. The summed E-state index contributed by atoms with van der Waals surface area (Å²) in [6.45, 7) is 5.24. The molecule has 1 heterocycles. The molecule has 156 valence electrons. The lowest BCUT2D eigenvalue weighted by atomic mass is 9.48. The van der Waals surface area contributed by atoms with Crippen LogP contribution in [0.1, 0.15) is 50.7 Å². The Labute approximate surface area is 172 Å². The quantitative estimate of drug-likeness (QED) is 0.774. The second-order valence-electron chi connectivity index (χ2n) is 9.53. The average Bonchev–Trinajstić information content (AvgIpc) is 3.28. The number of fused-ring (bicyclic) bond motifs is 2. The van der Waals surface area contributed by atoms with Gasteiger partial charge < -0.3 is 15.0 Å². The molecule has 0 spiro atoms. The van der Waals surface area contributed by atoms with Crippen LogP contribution in [-0.2, 0) is 32.0 Å². The number of anilines is 1. The first kappa shape index (κ1) is 19.9. The zero-order valence-electron chi connectivity index (χ0n) is 17.5. The number of hydrogen-bond donors (Lipinski definition) is 1. The zero-order chi connectivity index (χ0) is 20.8. The lowest BCUT2D eigenvalue weighted by molar-refractivity contribution is -0.174. The minimum atomic E-state index is -0.569. The highest BCUT2D eigenvalue weighted by molar-refractivity contribution is 5.93. The fourth-order valence-corrected chi connectivity index (χ4v) is 5.81. The Morgan fingerprint density at radius 1 is 1.17 bits per heavy atom. The van der Waals surface area contributed by atoms with E-state index in [1.807, 2.05) is 12.1 Å². The number of nitrogens with one attached hydrogen (secondary N) is 1. The van der Waals surface area contributed by atoms with Gasteiger partial charge in [-0.05, 0) is 60.3 Å². The number of nitrogens with zero attached hydrogens (tertiary/aromatic N) is 1. The summed E-state index contributed by atoms with van der Waals surface area (Å²) in [5.74, 6) is -0.317. The molecule has 4 rings (SSSR count). The first-order valence-electron chi connectivity index (χ1n) is 10.5. The zero-order valence-corrected chi connectivity index (χ0v) is 17.5. The van der Waals surface area contributed by atoms with Gasteiger partial charge in [-0.15, -0.1) is 0 Å². The van der Waals surface area contributed by atoms with Crippen LogP contribution < -0.4 is 5.32 Å². The fraction of sp³-hybridized carbons (Fsp3) is 0.609. The highest BCUT2D eigenvalue weighted by Crippen LogP contribution is 2.63. The molecule has 0 bridgehead atoms. The smallest absolute Gasteiger partial charge is 0.314 e. The van der Waals surface area contributed by atoms with Crippen LogP contribution in [0.15, 0.2) is 18.2 Å². The Morgan fingerprint density at radius 3 is 2.66 bits per heavy atom. The molecule has 2 amide bonds. The van der Waals surface area contributed by atoms with Crippen molar-refractivity contribution in [1.82, 2.24) is 4.90 Å². The molecule has 0 radical (unpaired) electrons. The summed E-state index contributed by atoms with van der Waals surface area (Å²) < 4.78 is 5.04. The lowest BCUT2D eigenvalue weighted by Crippen LogP contribution is -2.57. The van der Waals surface area contributed by atoms with Crippen molar-refractivity contribution in [3.63, 3.8) is 0 Å². The van der Waals surface area contributed by atoms with E-state index in [1.54, 1.807) is 4.90 Å². The number of benzene rings is 1. The van der Waals surface area contributed by atoms with Gasteiger partial charge in [-0.2, -0.15) is 0 Å². The number of ether oxygens (including phenoxy) is 1. The minimum absolute atomic E-state index is 0.0220. The number of rotatable bonds is 5. The summed E-state index contributed by atoms with van der Waals surface area (Å²) in [6, 6.07) is 6.06. The van der Waals surface area contributed by atoms with Crippen LogP contribution in [0.3, 0.4) is 0 Å². The molecule has 1 aromatic carbocycles. The third-order valence-electron chi connectivity index (χ3n) is 7.15. The Balaban J connectivity index is 1.32. The molecule has 2 atom stereocenters. The molecule has 1 N–H and O–H groups in total. The molecule has 29 heavy (non-hydrogen) atoms. The Morgan fingerprint density at radius 2 is 1.93 bits per heavy atom. The van der Waals surface area contributed by atoms with Crippen LogP contribution in [0.5, 0.6) is 0 Å². The topological polar surface area (TPSA) is 75.7 Å². The van der Waals surface area contributed by atoms with Gasteiger partial charge in [-0.25, -0.2) is 0 Å². The monoisotopic (exact) mass is 398 g/mol. The maximum atomic E-state index is 12.7. The second kappa shape index (κ2) is 7.15. The van der Waals surface area contributed by atoms with Crippen molar-refractivity contribution in [3.8, 4) is 0 Å². The van der Waals surface area contributed by atoms with Gasteiger partial charge in [0.2, 0.25) is 11.8 Å². The summed E-state index contributed by atoms with van der Waals surface area (Å²) in [4.78, 5) is 39.2. The van der Waals surface area contributed by atoms with Crippen LogP contribution in [0, 0.1) is 16.7 Å². The number of hydrogen-bond acceptors (Lipinski definition) is 4. The SMILES string of the molecule is COC(=O)[C@@]12CN(C(=O)CCC(=O)Nc3ccc4c(c3)CCC4)C[C@@H]1C(C)(C)C2. The van der Waals surface area contributed by atoms with Gasteiger partial charge >= 0.3 is 5.97 Å². The number of carbonyl (C=O) groups is 3. The molecule has 3 aliphatic rings. The summed E-state index contributed by atoms with van der Waals surface area (Å²) >= 11 is 0. The Kier molecular flexibility index (Phi) is 4.91. The molecule has 6 nitrogen and oxygen atoms in total. The predicted octanol–water partition coefficient (Wildman–Crippen LogP) is 2.94. The van der Waals surface area contributed by atoms with Crippen LogP contribution in [-0.4, -0.2) is 42.9 Å². The first-order valence-corrected chi connectivity index (χ1v) is 10.5. The van der Waals surface area contributed by atoms with Crippen LogP contribution in [0.4, 0.5) is 5.69 Å². The van der Waals surface area contributed by atoms with Crippen molar-refractivity contribution in [3.05, 3.63) is 29.3 Å². The molecule has 1 aliphatic heterocycles. The van der Waals surface area contributed by atoms with Gasteiger partial charge in [0, 0.05) is 31.6 Å². The van der Waals surface area contributed by atoms with E-state index in [9.17, 15) is 14.4 Å². The number of carbonyl (C=O) groups excluding carboxylic acids is 3. The molecule has 6 heteroatoms. The van der Waals surface area contributed by atoms with Crippen molar-refractivity contribution in [1.29, 1.82) is 0 Å². The minimum Gasteiger partial charge on any atom is -0.469 e. The van der Waals surface area contributed by atoms with E-state index in [4.69, 9.17) is 4.74 Å². The molecule has 1 saturated carbocycles. The number of esters is 1. The number of likely N-dealkylation sites (tertiary alicyclic amines) is 1. The van der Waals surface area contributed by atoms with Gasteiger partial charge in [-0.3, -0.25) is 14.4 Å². The fourth-order valence-electron chi connectivity index (χ4n) is 5.81. The maximum Gasteiger partial charge on any atom is 0.314 e. The number of methoxy groups -OCH3 is 1. The predicted molar refractivity (Wildman–Crippen MR) is 109 cm³/mol. The van der Waals surface area contributed by atoms with Gasteiger partial charge in [-0.1, -0.05) is 19.9 Å². The molecular formula is C23H30N2O4. The third-order valence-corrected chi connectivity index (χ3v) is 7.15. The Hall–Kier alpha value is -2.37. The van der Waals surface area contributed by atoms with E-state index in [0.29, 0.717) is 13.1 Å². The molecule has 2 fully saturated rings. The molecule has 2 aliphatic carbocycles. The average molecular weight is 399 g/mol. The summed E-state index contributed by atoms with van der Waals surface area (Å²) in [7, 11) is 1.41. The standard InChI is InChI=1S/C23H30N2O4/c1-22(2)13-23(21(28)29-3)14-25(12-18(22)23)20(27)10-9-19(26)24-17-8-7-15-5-4-6-16(15)11-17/h7-8,11,18H,4-6,9-10,12-14H2,1-3H3,(H,24,26)/t18-,23+/m1/s1. The second-order valence-corrected chi connectivity index (χ2v) is 9.53. The van der Waals surface area contributed by atoms with Crippen molar-refractivity contribution in [2.75, 3.05) is 25.5 Å². The first-order chi connectivity index (χ1) is 13.7. The van der Waals surface area contributed by atoms with E-state index < -0.39 is 5.41 Å². The van der Waals surface area contributed by atoms with Crippen molar-refractivity contribution >= 4 is 23.5 Å². The summed E-state index contributed by atoms with van der Waals surface area (Å²) in [5.41, 5.74) is 2.93. The third kappa shape index (κ3) is 3.43. The van der Waals surface area contributed by atoms with E-state index in [2.05, 4.69) is 25.2 Å². The van der Waals surface area contributed by atoms with Crippen LogP contribution in [0.25, 0.3) is 0 Å². The van der Waals surface area contributed by atoms with Gasteiger partial charge in [0.05, 0.1) is 12.5 Å². The van der Waals surface area contributed by atoms with Gasteiger partial charge in [0.15, 0.2) is 0 Å². The van der Waals surface area contributed by atoms with Crippen molar-refractivity contribution < 1.29 is 19.1 Å². The maximum absolute atomic E-state index is 12.7. The van der Waals surface area contributed by atoms with Crippen molar-refractivity contribution in [2.24, 2.45) is 16.7 Å². The van der Waals surface area contributed by atoms with Crippen LogP contribution >= 0.6 is 0 Å². The molecule has 1 aromatic rings. The van der Waals surface area contributed by atoms with E-state index in [-0.39, 0.29) is 42.0 Å². The van der Waals surface area contributed by atoms with Gasteiger partial charge in [0.1, 0.15) is 0 Å². The summed E-state index contributed by atoms with van der Waals surface area (Å²) in [5, 5.41) is 2.91. The molecule has 0 aromatic heterocycles. The van der Waals surface area contributed by atoms with Gasteiger partial charge in [0.25, 0.3) is 0 Å². The van der Waals surface area contributed by atoms with Crippen molar-refractivity contribution in [2.45, 2.75) is 52.4 Å². The molecular weight excluding hydrogens is 368 g/mol. The molecule has 0 unspecified atom stereocenters.